The van der Waals surface area contributed by atoms with Crippen LogP contribution >= 0.6 is 0 Å². The molecule has 2 rings (SSSR count). The van der Waals surface area contributed by atoms with Gasteiger partial charge in [0.15, 0.2) is 0 Å². The lowest BCUT2D eigenvalue weighted by Gasteiger charge is -2.35. The van der Waals surface area contributed by atoms with Gasteiger partial charge in [-0.15, -0.1) is 5.10 Å². The summed E-state index contributed by atoms with van der Waals surface area (Å²) in [5.41, 5.74) is 5.64. The maximum absolute atomic E-state index is 5.63. The van der Waals surface area contributed by atoms with E-state index in [9.17, 15) is 0 Å². The van der Waals surface area contributed by atoms with E-state index in [0.29, 0.717) is 12.0 Å². The quantitative estimate of drug-likeness (QED) is 0.753. The predicted octanol–water partition coefficient (Wildman–Crippen LogP) is 2.86. The lowest BCUT2D eigenvalue weighted by molar-refractivity contribution is 0.232. The van der Waals surface area contributed by atoms with E-state index in [1.807, 2.05) is 0 Å². The average Bonchev–Trinajstić information content (AvgIpc) is 2.84. The van der Waals surface area contributed by atoms with Crippen LogP contribution in [0.4, 0.5) is 5.95 Å². The van der Waals surface area contributed by atoms with Gasteiger partial charge in [-0.25, -0.2) is 0 Å². The Labute approximate surface area is 128 Å². The Bertz CT molecular complexity index is 438. The third-order valence-corrected chi connectivity index (χ3v) is 4.64. The second-order valence-corrected chi connectivity index (χ2v) is 7.64. The molecule has 4 N–H and O–H groups in total. The molecule has 1 fully saturated rings. The SMILES string of the molecule is CC(C)CCC1CC(CC(C)(C)c2nc(N)n[nH]2)CCN1. The molecule has 1 aromatic rings. The Hall–Kier alpha value is -1.10. The van der Waals surface area contributed by atoms with Crippen molar-refractivity contribution in [2.24, 2.45) is 11.8 Å². The van der Waals surface area contributed by atoms with Gasteiger partial charge < -0.3 is 11.1 Å². The highest BCUT2D eigenvalue weighted by molar-refractivity contribution is 5.17. The number of aromatic nitrogens is 3. The largest absolute Gasteiger partial charge is 0.367 e. The molecule has 120 valence electrons. The third kappa shape index (κ3) is 4.70. The van der Waals surface area contributed by atoms with Gasteiger partial charge in [0.05, 0.1) is 0 Å². The van der Waals surface area contributed by atoms with E-state index in [1.54, 1.807) is 0 Å². The summed E-state index contributed by atoms with van der Waals surface area (Å²) in [7, 11) is 0. The molecule has 1 aliphatic heterocycles. The first-order chi connectivity index (χ1) is 9.87. The standard InChI is InChI=1S/C16H31N5/c1-11(2)5-6-13-9-12(7-8-18-13)10-16(3,4)14-19-15(17)21-20-14/h11-13,18H,5-10H2,1-4H3,(H3,17,19,20,21). The van der Waals surface area contributed by atoms with Gasteiger partial charge in [-0.3, -0.25) is 5.10 Å². The molecule has 1 saturated heterocycles. The van der Waals surface area contributed by atoms with Crippen molar-refractivity contribution in [2.75, 3.05) is 12.3 Å². The van der Waals surface area contributed by atoms with Crippen LogP contribution in [0.15, 0.2) is 0 Å². The molecular weight excluding hydrogens is 262 g/mol. The lowest BCUT2D eigenvalue weighted by Crippen LogP contribution is -2.40. The van der Waals surface area contributed by atoms with Crippen LogP contribution < -0.4 is 11.1 Å². The molecule has 2 atom stereocenters. The molecule has 0 bridgehead atoms. The summed E-state index contributed by atoms with van der Waals surface area (Å²) in [6.45, 7) is 10.2. The summed E-state index contributed by atoms with van der Waals surface area (Å²) in [5.74, 6) is 2.81. The van der Waals surface area contributed by atoms with Gasteiger partial charge in [0, 0.05) is 11.5 Å². The van der Waals surface area contributed by atoms with Crippen LogP contribution in [0, 0.1) is 11.8 Å². The summed E-state index contributed by atoms with van der Waals surface area (Å²) in [6, 6.07) is 0.682. The molecule has 2 heterocycles. The Morgan fingerprint density at radius 3 is 2.76 bits per heavy atom. The zero-order valence-corrected chi connectivity index (χ0v) is 13.9. The number of aromatic amines is 1. The first-order valence-corrected chi connectivity index (χ1v) is 8.28. The fraction of sp³-hybridized carbons (Fsp3) is 0.875. The van der Waals surface area contributed by atoms with E-state index in [-0.39, 0.29) is 5.41 Å². The fourth-order valence-corrected chi connectivity index (χ4v) is 3.43. The molecular formula is C16H31N5. The van der Waals surface area contributed by atoms with Gasteiger partial charge >= 0.3 is 0 Å². The van der Waals surface area contributed by atoms with Crippen molar-refractivity contribution in [3.8, 4) is 0 Å². The van der Waals surface area contributed by atoms with Crippen LogP contribution in [-0.2, 0) is 5.41 Å². The first-order valence-electron chi connectivity index (χ1n) is 8.28. The zero-order chi connectivity index (χ0) is 15.5. The topological polar surface area (TPSA) is 79.6 Å². The molecule has 0 radical (unpaired) electrons. The predicted molar refractivity (Wildman–Crippen MR) is 87.0 cm³/mol. The van der Waals surface area contributed by atoms with E-state index in [2.05, 4.69) is 48.2 Å². The molecule has 21 heavy (non-hydrogen) atoms. The highest BCUT2D eigenvalue weighted by atomic mass is 15.3. The van der Waals surface area contributed by atoms with E-state index in [4.69, 9.17) is 5.73 Å². The number of hydrogen-bond acceptors (Lipinski definition) is 4. The van der Waals surface area contributed by atoms with Crippen molar-refractivity contribution in [1.29, 1.82) is 0 Å². The van der Waals surface area contributed by atoms with Crippen molar-refractivity contribution < 1.29 is 0 Å². The smallest absolute Gasteiger partial charge is 0.239 e. The van der Waals surface area contributed by atoms with Crippen LogP contribution in [0.5, 0.6) is 0 Å². The molecule has 2 unspecified atom stereocenters. The molecule has 0 aliphatic carbocycles. The summed E-state index contributed by atoms with van der Waals surface area (Å²) in [5, 5.41) is 10.6. The molecule has 5 nitrogen and oxygen atoms in total. The molecule has 5 heteroatoms. The highest BCUT2D eigenvalue weighted by Crippen LogP contribution is 2.33. The average molecular weight is 293 g/mol. The number of piperidine rings is 1. The normalized spacial score (nSPS) is 23.7. The van der Waals surface area contributed by atoms with E-state index in [1.165, 1.54) is 25.7 Å². The lowest BCUT2D eigenvalue weighted by atomic mass is 9.76. The number of H-pyrrole nitrogens is 1. The highest BCUT2D eigenvalue weighted by Gasteiger charge is 2.31. The van der Waals surface area contributed by atoms with Gasteiger partial charge in [0.25, 0.3) is 0 Å². The van der Waals surface area contributed by atoms with Crippen LogP contribution in [0.2, 0.25) is 0 Å². The summed E-state index contributed by atoms with van der Waals surface area (Å²) < 4.78 is 0. The van der Waals surface area contributed by atoms with E-state index >= 15 is 0 Å². The number of rotatable bonds is 6. The number of nitrogens with zero attached hydrogens (tertiary/aromatic N) is 2. The molecule has 0 spiro atoms. The minimum Gasteiger partial charge on any atom is -0.367 e. The van der Waals surface area contributed by atoms with Gasteiger partial charge in [-0.05, 0) is 50.5 Å². The van der Waals surface area contributed by atoms with Crippen molar-refractivity contribution >= 4 is 5.95 Å². The molecule has 0 amide bonds. The van der Waals surface area contributed by atoms with Crippen molar-refractivity contribution in [2.45, 2.75) is 71.3 Å². The first kappa shape index (κ1) is 16.3. The Balaban J connectivity index is 1.89. The maximum atomic E-state index is 5.63. The number of nitrogen functional groups attached to an aromatic ring is 1. The summed E-state index contributed by atoms with van der Waals surface area (Å²) in [4.78, 5) is 4.32. The van der Waals surface area contributed by atoms with Crippen molar-refractivity contribution in [3.63, 3.8) is 0 Å². The maximum Gasteiger partial charge on any atom is 0.239 e. The number of anilines is 1. The molecule has 0 aromatic carbocycles. The second kappa shape index (κ2) is 6.77. The number of nitrogens with one attached hydrogen (secondary N) is 2. The Morgan fingerprint density at radius 1 is 1.38 bits per heavy atom. The summed E-state index contributed by atoms with van der Waals surface area (Å²) in [6.07, 6.45) is 6.28. The fourth-order valence-electron chi connectivity index (χ4n) is 3.43. The van der Waals surface area contributed by atoms with Gasteiger partial charge in [-0.2, -0.15) is 4.98 Å². The summed E-state index contributed by atoms with van der Waals surface area (Å²) >= 11 is 0. The van der Waals surface area contributed by atoms with Gasteiger partial charge in [0.2, 0.25) is 5.95 Å². The number of nitrogens with two attached hydrogens (primary N) is 1. The Kier molecular flexibility index (Phi) is 5.25. The van der Waals surface area contributed by atoms with Crippen LogP contribution in [0.3, 0.4) is 0 Å². The Morgan fingerprint density at radius 2 is 2.14 bits per heavy atom. The van der Waals surface area contributed by atoms with Crippen molar-refractivity contribution in [3.05, 3.63) is 5.82 Å². The molecule has 1 aromatic heterocycles. The zero-order valence-electron chi connectivity index (χ0n) is 13.9. The minimum atomic E-state index is 0.00915. The second-order valence-electron chi connectivity index (χ2n) is 7.64. The molecule has 1 aliphatic rings. The third-order valence-electron chi connectivity index (χ3n) is 4.64. The van der Waals surface area contributed by atoms with Crippen molar-refractivity contribution in [1.82, 2.24) is 20.5 Å². The molecule has 0 saturated carbocycles. The minimum absolute atomic E-state index is 0.00915. The van der Waals surface area contributed by atoms with Crippen LogP contribution in [-0.4, -0.2) is 27.8 Å². The number of hydrogen-bond donors (Lipinski definition) is 3. The van der Waals surface area contributed by atoms with E-state index in [0.717, 1.165) is 30.6 Å². The van der Waals surface area contributed by atoms with Gasteiger partial charge in [-0.1, -0.05) is 27.7 Å². The monoisotopic (exact) mass is 293 g/mol. The van der Waals surface area contributed by atoms with Crippen LogP contribution in [0.25, 0.3) is 0 Å². The van der Waals surface area contributed by atoms with Gasteiger partial charge in [0.1, 0.15) is 5.82 Å². The van der Waals surface area contributed by atoms with E-state index < -0.39 is 0 Å². The van der Waals surface area contributed by atoms with Crippen LogP contribution in [0.1, 0.15) is 65.6 Å².